The van der Waals surface area contributed by atoms with Crippen molar-refractivity contribution in [1.82, 2.24) is 9.55 Å². The standard InChI is InChI=1S/C10H13N2O7P/c1-10(16)7(14)5(4-18-20-17)19-8(10)12-3-2-6(13)11-9(12)15/h2-3,5,7-8,14,16H,4H2,1H3,(H,11,13,15)/t5-,7-,8-,10-/m1/s1. The Kier molecular flexibility index (Phi) is 4.17. The first-order chi connectivity index (χ1) is 9.37. The molecule has 1 fully saturated rings. The van der Waals surface area contributed by atoms with Crippen LogP contribution in [0.1, 0.15) is 13.2 Å². The zero-order valence-electron chi connectivity index (χ0n) is 10.4. The Morgan fingerprint density at radius 1 is 1.60 bits per heavy atom. The van der Waals surface area contributed by atoms with Crippen LogP contribution in [0.4, 0.5) is 0 Å². The lowest BCUT2D eigenvalue weighted by Gasteiger charge is -2.27. The summed E-state index contributed by atoms with van der Waals surface area (Å²) in [6.45, 7) is 1.06. The minimum atomic E-state index is -1.78. The van der Waals surface area contributed by atoms with Gasteiger partial charge in [0.1, 0.15) is 17.8 Å². The number of hydrogen-bond acceptors (Lipinski definition) is 7. The molecule has 0 radical (unpaired) electrons. The first-order valence-corrected chi connectivity index (χ1v) is 6.43. The maximum Gasteiger partial charge on any atom is 0.330 e. The van der Waals surface area contributed by atoms with E-state index in [1.807, 2.05) is 4.98 Å². The van der Waals surface area contributed by atoms with E-state index >= 15 is 0 Å². The number of aromatic nitrogens is 2. The van der Waals surface area contributed by atoms with Crippen molar-refractivity contribution >= 4 is 8.69 Å². The van der Waals surface area contributed by atoms with Gasteiger partial charge in [0.25, 0.3) is 5.56 Å². The van der Waals surface area contributed by atoms with Gasteiger partial charge >= 0.3 is 14.4 Å². The van der Waals surface area contributed by atoms with Crippen molar-refractivity contribution in [2.45, 2.75) is 31.0 Å². The summed E-state index contributed by atoms with van der Waals surface area (Å²) in [6, 6.07) is 1.09. The predicted octanol–water partition coefficient (Wildman–Crippen LogP) is -1.23. The SMILES string of the molecule is C[C@@]1(O)[C@H](O)[C@@H](COP=O)O[C@H]1n1ccc(=O)[nH]c1=O. The van der Waals surface area contributed by atoms with Gasteiger partial charge < -0.3 is 14.9 Å². The van der Waals surface area contributed by atoms with Crippen LogP contribution < -0.4 is 11.2 Å². The molecule has 0 unspecified atom stereocenters. The topological polar surface area (TPSA) is 131 Å². The number of nitrogens with zero attached hydrogens (tertiary/aromatic N) is 1. The molecule has 0 spiro atoms. The summed E-state index contributed by atoms with van der Waals surface area (Å²) in [5.74, 6) is 0. The molecule has 0 bridgehead atoms. The molecule has 0 aromatic carbocycles. The highest BCUT2D eigenvalue weighted by molar-refractivity contribution is 7.17. The number of rotatable bonds is 4. The normalized spacial score (nSPS) is 33.6. The zero-order chi connectivity index (χ0) is 14.9. The molecule has 0 aliphatic carbocycles. The monoisotopic (exact) mass is 304 g/mol. The van der Waals surface area contributed by atoms with Crippen LogP contribution in [0.2, 0.25) is 0 Å². The maximum absolute atomic E-state index is 11.7. The summed E-state index contributed by atoms with van der Waals surface area (Å²) in [7, 11) is -0.587. The smallest absolute Gasteiger partial charge is 0.330 e. The lowest BCUT2D eigenvalue weighted by Crippen LogP contribution is -2.46. The van der Waals surface area contributed by atoms with E-state index < -0.39 is 44.0 Å². The van der Waals surface area contributed by atoms with Gasteiger partial charge in [-0.25, -0.2) is 9.36 Å². The van der Waals surface area contributed by atoms with E-state index in [9.17, 15) is 24.4 Å². The van der Waals surface area contributed by atoms with Gasteiger partial charge in [-0.15, -0.1) is 0 Å². The third kappa shape index (κ3) is 2.58. The number of aliphatic hydroxyl groups excluding tert-OH is 1. The molecule has 110 valence electrons. The molecule has 3 N–H and O–H groups in total. The molecule has 10 heteroatoms. The summed E-state index contributed by atoms with van der Waals surface area (Å²) < 4.78 is 21.2. The molecule has 2 heterocycles. The van der Waals surface area contributed by atoms with E-state index in [0.29, 0.717) is 0 Å². The number of ether oxygens (including phenoxy) is 1. The predicted molar refractivity (Wildman–Crippen MR) is 65.4 cm³/mol. The average Bonchev–Trinajstić information content (AvgIpc) is 2.60. The van der Waals surface area contributed by atoms with Crippen molar-refractivity contribution in [3.05, 3.63) is 33.1 Å². The van der Waals surface area contributed by atoms with E-state index in [2.05, 4.69) is 4.52 Å². The Labute approximate surface area is 114 Å². The molecule has 2 rings (SSSR count). The quantitative estimate of drug-likeness (QED) is 0.593. The molecule has 1 aliphatic rings. The van der Waals surface area contributed by atoms with Crippen LogP contribution in [0.15, 0.2) is 21.9 Å². The summed E-state index contributed by atoms with van der Waals surface area (Å²) in [5.41, 5.74) is -3.15. The Balaban J connectivity index is 2.34. The summed E-state index contributed by atoms with van der Waals surface area (Å²) in [4.78, 5) is 24.7. The van der Waals surface area contributed by atoms with Gasteiger partial charge in [0.2, 0.25) is 0 Å². The van der Waals surface area contributed by atoms with Crippen molar-refractivity contribution < 1.29 is 24.0 Å². The fourth-order valence-electron chi connectivity index (χ4n) is 2.09. The molecular weight excluding hydrogens is 291 g/mol. The van der Waals surface area contributed by atoms with Crippen molar-refractivity contribution in [1.29, 1.82) is 0 Å². The third-order valence-electron chi connectivity index (χ3n) is 3.15. The summed E-state index contributed by atoms with van der Waals surface area (Å²) >= 11 is 0. The molecule has 1 aromatic rings. The van der Waals surface area contributed by atoms with E-state index in [0.717, 1.165) is 16.8 Å². The fourth-order valence-corrected chi connectivity index (χ4v) is 2.30. The molecule has 9 nitrogen and oxygen atoms in total. The summed E-state index contributed by atoms with van der Waals surface area (Å²) in [6.07, 6.45) is -2.37. The first kappa shape index (κ1) is 15.0. The number of nitrogens with one attached hydrogen (secondary N) is 1. The van der Waals surface area contributed by atoms with Gasteiger partial charge in [0, 0.05) is 12.3 Å². The highest BCUT2D eigenvalue weighted by atomic mass is 31.1. The van der Waals surface area contributed by atoms with Crippen LogP contribution in [0.5, 0.6) is 0 Å². The van der Waals surface area contributed by atoms with Crippen LogP contribution >= 0.6 is 8.69 Å². The van der Waals surface area contributed by atoms with Crippen LogP contribution in [0.25, 0.3) is 0 Å². The second-order valence-electron chi connectivity index (χ2n) is 4.59. The van der Waals surface area contributed by atoms with Crippen molar-refractivity contribution in [2.24, 2.45) is 0 Å². The first-order valence-electron chi connectivity index (χ1n) is 5.70. The summed E-state index contributed by atoms with van der Waals surface area (Å²) in [5, 5.41) is 20.3. The van der Waals surface area contributed by atoms with Gasteiger partial charge in [-0.2, -0.15) is 0 Å². The third-order valence-corrected chi connectivity index (χ3v) is 3.40. The Morgan fingerprint density at radius 2 is 2.30 bits per heavy atom. The lowest BCUT2D eigenvalue weighted by atomic mass is 9.96. The molecule has 1 aromatic heterocycles. The van der Waals surface area contributed by atoms with E-state index in [4.69, 9.17) is 4.74 Å². The van der Waals surface area contributed by atoms with Crippen LogP contribution in [-0.4, -0.2) is 44.2 Å². The van der Waals surface area contributed by atoms with Crippen LogP contribution in [0.3, 0.4) is 0 Å². The Morgan fingerprint density at radius 3 is 2.90 bits per heavy atom. The lowest BCUT2D eigenvalue weighted by molar-refractivity contribution is -0.0983. The second-order valence-corrected chi connectivity index (χ2v) is 4.99. The van der Waals surface area contributed by atoms with Crippen molar-refractivity contribution in [2.75, 3.05) is 6.61 Å². The second kappa shape index (κ2) is 5.55. The number of aliphatic hydroxyl groups is 2. The molecule has 20 heavy (non-hydrogen) atoms. The molecule has 4 atom stereocenters. The van der Waals surface area contributed by atoms with Crippen LogP contribution in [0, 0.1) is 0 Å². The highest BCUT2D eigenvalue weighted by Gasteiger charge is 2.53. The van der Waals surface area contributed by atoms with Gasteiger partial charge in [0.15, 0.2) is 6.23 Å². The van der Waals surface area contributed by atoms with Gasteiger partial charge in [-0.1, -0.05) is 0 Å². The molecule has 1 aliphatic heterocycles. The molecule has 0 saturated carbocycles. The maximum atomic E-state index is 11.7. The molecule has 0 amide bonds. The number of aromatic amines is 1. The van der Waals surface area contributed by atoms with Crippen LogP contribution in [-0.2, 0) is 13.8 Å². The minimum absolute atomic E-state index is 0.225. The van der Waals surface area contributed by atoms with E-state index in [-0.39, 0.29) is 6.61 Å². The van der Waals surface area contributed by atoms with Crippen molar-refractivity contribution in [3.63, 3.8) is 0 Å². The number of hydrogen-bond donors (Lipinski definition) is 3. The average molecular weight is 304 g/mol. The number of H-pyrrole nitrogens is 1. The van der Waals surface area contributed by atoms with Crippen molar-refractivity contribution in [3.8, 4) is 0 Å². The highest BCUT2D eigenvalue weighted by Crippen LogP contribution is 2.37. The van der Waals surface area contributed by atoms with Gasteiger partial charge in [0.05, 0.1) is 6.61 Å². The van der Waals surface area contributed by atoms with E-state index in [1.165, 1.54) is 6.92 Å². The minimum Gasteiger partial charge on any atom is -0.387 e. The Hall–Kier alpha value is -1.38. The largest absolute Gasteiger partial charge is 0.387 e. The van der Waals surface area contributed by atoms with Gasteiger partial charge in [-0.05, 0) is 6.92 Å². The Bertz CT molecular complexity index is 610. The molecule has 1 saturated heterocycles. The zero-order valence-corrected chi connectivity index (χ0v) is 11.3. The van der Waals surface area contributed by atoms with Gasteiger partial charge in [-0.3, -0.25) is 18.9 Å². The van der Waals surface area contributed by atoms with E-state index in [1.54, 1.807) is 0 Å². The molecular formula is C10H13N2O7P. The fraction of sp³-hybridized carbons (Fsp3) is 0.600.